The van der Waals surface area contributed by atoms with E-state index in [9.17, 15) is 14.3 Å². The highest BCUT2D eigenvalue weighted by Crippen LogP contribution is 2.41. The van der Waals surface area contributed by atoms with E-state index >= 15 is 0 Å². The van der Waals surface area contributed by atoms with Gasteiger partial charge < -0.3 is 19.5 Å². The summed E-state index contributed by atoms with van der Waals surface area (Å²) in [5.41, 5.74) is 2.64. The van der Waals surface area contributed by atoms with E-state index in [-0.39, 0.29) is 43.1 Å². The summed E-state index contributed by atoms with van der Waals surface area (Å²) in [6, 6.07) is 23.3. The van der Waals surface area contributed by atoms with Crippen molar-refractivity contribution in [1.82, 2.24) is 14.9 Å². The summed E-state index contributed by atoms with van der Waals surface area (Å²) in [6.07, 6.45) is 5.88. The van der Waals surface area contributed by atoms with Crippen molar-refractivity contribution in [2.45, 2.75) is 18.8 Å². The molecule has 2 bridgehead atoms. The van der Waals surface area contributed by atoms with E-state index in [1.165, 1.54) is 12.1 Å². The summed E-state index contributed by atoms with van der Waals surface area (Å²) in [4.78, 5) is 15.6. The first-order valence-corrected chi connectivity index (χ1v) is 12.8. The number of carbonyl (C=O) groups excluding carboxylic acids is 1. The topological polar surface area (TPSA) is 65.5 Å². The van der Waals surface area contributed by atoms with Gasteiger partial charge in [-0.05, 0) is 41.5 Å². The number of hydrogen-bond acceptors (Lipinski definition) is 6. The number of halogens is 1. The molecule has 0 radical (unpaired) electrons. The molecule has 6 rings (SSSR count). The molecule has 7 nitrogen and oxygen atoms in total. The standard InChI is InChI=1S/C31H28FN3O4/c32-24-13-14-27-25(19-24)28(23-11-5-2-6-12-23)35-21-33(16-7-8-18-38-27)31(37)29-30(26(36)15-17-34(29)35)39-20-22-9-3-1-4-10-22/h1-15,17,19,26,28,36H,16,18,20-21H2/b8-7-. The Hall–Kier alpha value is -4.40. The molecule has 0 aromatic heterocycles. The van der Waals surface area contributed by atoms with Crippen LogP contribution in [0.4, 0.5) is 4.39 Å². The zero-order valence-corrected chi connectivity index (χ0v) is 21.2. The van der Waals surface area contributed by atoms with Gasteiger partial charge in [-0.1, -0.05) is 66.7 Å². The van der Waals surface area contributed by atoms with Gasteiger partial charge in [0.2, 0.25) is 0 Å². The fourth-order valence-electron chi connectivity index (χ4n) is 5.11. The molecular weight excluding hydrogens is 497 g/mol. The molecule has 3 aliphatic rings. The van der Waals surface area contributed by atoms with Crippen LogP contribution in [0.2, 0.25) is 0 Å². The summed E-state index contributed by atoms with van der Waals surface area (Å²) < 4.78 is 26.9. The van der Waals surface area contributed by atoms with Gasteiger partial charge in [0.05, 0.1) is 12.7 Å². The number of aliphatic hydroxyl groups is 1. The molecule has 3 atom stereocenters. The number of nitrogens with zero attached hydrogens (tertiary/aromatic N) is 3. The van der Waals surface area contributed by atoms with Crippen LogP contribution in [-0.4, -0.2) is 51.9 Å². The van der Waals surface area contributed by atoms with Crippen LogP contribution in [0, 0.1) is 5.82 Å². The van der Waals surface area contributed by atoms with Crippen molar-refractivity contribution >= 4 is 5.91 Å². The van der Waals surface area contributed by atoms with Crippen molar-refractivity contribution in [2.75, 3.05) is 19.8 Å². The van der Waals surface area contributed by atoms with Crippen molar-refractivity contribution in [1.29, 1.82) is 0 Å². The quantitative estimate of drug-likeness (QED) is 0.506. The molecule has 1 saturated heterocycles. The van der Waals surface area contributed by atoms with Crippen molar-refractivity contribution in [3.05, 3.63) is 137 Å². The molecule has 1 fully saturated rings. The molecule has 3 aliphatic heterocycles. The molecule has 3 aromatic carbocycles. The third kappa shape index (κ3) is 4.92. The smallest absolute Gasteiger partial charge is 0.276 e. The van der Waals surface area contributed by atoms with E-state index in [0.717, 1.165) is 11.1 Å². The summed E-state index contributed by atoms with van der Waals surface area (Å²) >= 11 is 0. The number of carbonyl (C=O) groups is 1. The van der Waals surface area contributed by atoms with E-state index in [1.807, 2.05) is 77.8 Å². The Kier molecular flexibility index (Phi) is 6.87. The molecule has 0 saturated carbocycles. The first-order valence-electron chi connectivity index (χ1n) is 12.8. The van der Waals surface area contributed by atoms with Crippen LogP contribution >= 0.6 is 0 Å². The van der Waals surface area contributed by atoms with Crippen molar-refractivity contribution in [3.8, 4) is 5.75 Å². The monoisotopic (exact) mass is 525 g/mol. The van der Waals surface area contributed by atoms with Crippen LogP contribution in [0.15, 0.2) is 115 Å². The fourth-order valence-corrected chi connectivity index (χ4v) is 5.11. The Balaban J connectivity index is 1.50. The van der Waals surface area contributed by atoms with Gasteiger partial charge in [0, 0.05) is 18.3 Å². The van der Waals surface area contributed by atoms with Gasteiger partial charge in [-0.3, -0.25) is 9.80 Å². The lowest BCUT2D eigenvalue weighted by atomic mass is 9.96. The van der Waals surface area contributed by atoms with Gasteiger partial charge in [-0.25, -0.2) is 4.39 Å². The van der Waals surface area contributed by atoms with Gasteiger partial charge in [0.1, 0.15) is 30.9 Å². The lowest BCUT2D eigenvalue weighted by molar-refractivity contribution is -0.149. The highest BCUT2D eigenvalue weighted by atomic mass is 19.1. The molecule has 0 aliphatic carbocycles. The maximum Gasteiger partial charge on any atom is 0.276 e. The van der Waals surface area contributed by atoms with Gasteiger partial charge in [-0.2, -0.15) is 5.01 Å². The van der Waals surface area contributed by atoms with Gasteiger partial charge in [0.25, 0.3) is 5.91 Å². The summed E-state index contributed by atoms with van der Waals surface area (Å²) in [6.45, 7) is 1.01. The average molecular weight is 526 g/mol. The zero-order chi connectivity index (χ0) is 26.8. The minimum atomic E-state index is -1.10. The highest BCUT2D eigenvalue weighted by molar-refractivity contribution is 5.94. The first kappa shape index (κ1) is 24.9. The number of fused-ring (bicyclic) bond motifs is 5. The largest absolute Gasteiger partial charge is 0.489 e. The third-order valence-electron chi connectivity index (χ3n) is 6.97. The van der Waals surface area contributed by atoms with Gasteiger partial charge in [0.15, 0.2) is 11.5 Å². The van der Waals surface area contributed by atoms with Crippen LogP contribution < -0.4 is 4.74 Å². The second-order valence-corrected chi connectivity index (χ2v) is 9.50. The molecular formula is C31H28FN3O4. The molecule has 39 heavy (non-hydrogen) atoms. The number of hydrazine groups is 1. The lowest BCUT2D eigenvalue weighted by Gasteiger charge is -2.49. The molecule has 0 spiro atoms. The van der Waals surface area contributed by atoms with Gasteiger partial charge in [-0.15, -0.1) is 0 Å². The Labute approximate surface area is 226 Å². The van der Waals surface area contributed by atoms with E-state index in [1.54, 1.807) is 28.3 Å². The molecule has 1 amide bonds. The minimum absolute atomic E-state index is 0.169. The Morgan fingerprint density at radius 1 is 1.00 bits per heavy atom. The van der Waals surface area contributed by atoms with Crippen molar-refractivity contribution in [2.24, 2.45) is 0 Å². The average Bonchev–Trinajstić information content (AvgIpc) is 2.99. The summed E-state index contributed by atoms with van der Waals surface area (Å²) in [5.74, 6) is 0.0597. The van der Waals surface area contributed by atoms with E-state index in [4.69, 9.17) is 9.47 Å². The number of hydrogen-bond donors (Lipinski definition) is 1. The number of aliphatic hydroxyl groups excluding tert-OH is 1. The molecule has 8 heteroatoms. The molecule has 3 heterocycles. The second-order valence-electron chi connectivity index (χ2n) is 9.50. The lowest BCUT2D eigenvalue weighted by Crippen LogP contribution is -2.58. The Morgan fingerprint density at radius 3 is 2.56 bits per heavy atom. The number of ether oxygens (including phenoxy) is 2. The Morgan fingerprint density at radius 2 is 1.77 bits per heavy atom. The van der Waals surface area contributed by atoms with E-state index < -0.39 is 12.1 Å². The van der Waals surface area contributed by atoms with Gasteiger partial charge >= 0.3 is 0 Å². The summed E-state index contributed by atoms with van der Waals surface area (Å²) in [7, 11) is 0. The van der Waals surface area contributed by atoms with Crippen LogP contribution in [0.3, 0.4) is 0 Å². The van der Waals surface area contributed by atoms with Crippen LogP contribution in [-0.2, 0) is 16.1 Å². The zero-order valence-electron chi connectivity index (χ0n) is 21.2. The molecule has 198 valence electrons. The normalized spacial score (nSPS) is 23.3. The number of amides is 1. The summed E-state index contributed by atoms with van der Waals surface area (Å²) in [5, 5.41) is 14.6. The highest BCUT2D eigenvalue weighted by Gasteiger charge is 2.43. The molecule has 3 aromatic rings. The van der Waals surface area contributed by atoms with Crippen LogP contribution in [0.5, 0.6) is 5.75 Å². The minimum Gasteiger partial charge on any atom is -0.489 e. The predicted molar refractivity (Wildman–Crippen MR) is 143 cm³/mol. The van der Waals surface area contributed by atoms with Crippen molar-refractivity contribution < 1.29 is 23.8 Å². The maximum absolute atomic E-state index is 14.7. The van der Waals surface area contributed by atoms with E-state index in [2.05, 4.69) is 0 Å². The molecule has 1 N–H and O–H groups in total. The third-order valence-corrected chi connectivity index (χ3v) is 6.97. The first-order chi connectivity index (χ1) is 19.1. The SMILES string of the molecule is O=C1C2=C(OCc3ccccc3)C(O)C=CN2N2CN1C/C=C\COc1ccc(F)cc1C2c1ccccc1. The number of rotatable bonds is 4. The fraction of sp³-hybridized carbons (Fsp3) is 0.194. The van der Waals surface area contributed by atoms with Crippen LogP contribution in [0.25, 0.3) is 0 Å². The predicted octanol–water partition coefficient (Wildman–Crippen LogP) is 4.50. The van der Waals surface area contributed by atoms with Crippen molar-refractivity contribution in [3.63, 3.8) is 0 Å². The Bertz CT molecular complexity index is 1440. The maximum atomic E-state index is 14.7. The van der Waals surface area contributed by atoms with Crippen LogP contribution in [0.1, 0.15) is 22.7 Å². The second kappa shape index (κ2) is 10.8. The number of benzene rings is 3. The van der Waals surface area contributed by atoms with E-state index in [0.29, 0.717) is 17.9 Å². The molecule has 3 unspecified atom stereocenters.